The quantitative estimate of drug-likeness (QED) is 0.174. The molecule has 12 rings (SSSR count). The molecule has 0 amide bonds. The van der Waals surface area contributed by atoms with Crippen LogP contribution in [0.1, 0.15) is 25.0 Å². The number of hydrogen-bond donors (Lipinski definition) is 0. The summed E-state index contributed by atoms with van der Waals surface area (Å²) in [4.78, 5) is 10.6. The zero-order chi connectivity index (χ0) is 40.7. The Hall–Kier alpha value is -7.68. The van der Waals surface area contributed by atoms with Crippen LogP contribution in [0.2, 0.25) is 0 Å². The van der Waals surface area contributed by atoms with Crippen molar-refractivity contribution in [2.75, 3.05) is 0 Å². The van der Waals surface area contributed by atoms with Crippen LogP contribution in [0.5, 0.6) is 0 Å². The summed E-state index contributed by atoms with van der Waals surface area (Å²) in [7, 11) is 0. The van der Waals surface area contributed by atoms with E-state index in [0.717, 1.165) is 33.5 Å². The second-order valence-corrected chi connectivity index (χ2v) is 16.9. The average Bonchev–Trinajstić information content (AvgIpc) is 3.55. The summed E-state index contributed by atoms with van der Waals surface area (Å²) >= 11 is 0. The first kappa shape index (κ1) is 35.3. The van der Waals surface area contributed by atoms with Gasteiger partial charge in [-0.3, -0.25) is 0 Å². The summed E-state index contributed by atoms with van der Waals surface area (Å²) in [6.07, 6.45) is 0. The summed E-state index contributed by atoms with van der Waals surface area (Å²) in [5, 5.41) is 9.70. The highest BCUT2D eigenvalue weighted by atomic mass is 14.9. The van der Waals surface area contributed by atoms with Gasteiger partial charge < -0.3 is 0 Å². The summed E-state index contributed by atoms with van der Waals surface area (Å²) in [6, 6.07) is 74.9. The van der Waals surface area contributed by atoms with E-state index in [9.17, 15) is 0 Å². The molecule has 0 unspecified atom stereocenters. The van der Waals surface area contributed by atoms with Crippen LogP contribution in [0.4, 0.5) is 0 Å². The lowest BCUT2D eigenvalue weighted by Crippen LogP contribution is -2.16. The van der Waals surface area contributed by atoms with Gasteiger partial charge >= 0.3 is 0 Å². The third-order valence-electron chi connectivity index (χ3n) is 13.1. The van der Waals surface area contributed by atoms with Gasteiger partial charge in [0.1, 0.15) is 0 Å². The van der Waals surface area contributed by atoms with Crippen molar-refractivity contribution in [2.24, 2.45) is 0 Å². The maximum Gasteiger partial charge on any atom is 0.161 e. The third-order valence-corrected chi connectivity index (χ3v) is 13.1. The molecular weight excluding hydrogens is 737 g/mol. The number of rotatable bonds is 5. The number of benzene rings is 10. The lowest BCUT2D eigenvalue weighted by atomic mass is 9.77. The van der Waals surface area contributed by atoms with Crippen LogP contribution in [-0.4, -0.2) is 9.97 Å². The second kappa shape index (κ2) is 13.7. The van der Waals surface area contributed by atoms with Crippen molar-refractivity contribution >= 4 is 43.1 Å². The average molecular weight is 777 g/mol. The molecule has 2 heteroatoms. The van der Waals surface area contributed by atoms with Crippen molar-refractivity contribution in [3.8, 4) is 67.3 Å². The molecule has 0 aliphatic heterocycles. The van der Waals surface area contributed by atoms with E-state index in [1.165, 1.54) is 82.2 Å². The summed E-state index contributed by atoms with van der Waals surface area (Å²) in [5.74, 6) is 0.710. The Morgan fingerprint density at radius 3 is 1.44 bits per heavy atom. The van der Waals surface area contributed by atoms with Crippen molar-refractivity contribution in [3.63, 3.8) is 0 Å². The molecule has 0 atom stereocenters. The third kappa shape index (κ3) is 5.56. The van der Waals surface area contributed by atoms with Gasteiger partial charge in [-0.15, -0.1) is 0 Å². The Morgan fingerprint density at radius 1 is 0.311 bits per heavy atom. The highest BCUT2D eigenvalue weighted by molar-refractivity contribution is 6.13. The molecule has 0 N–H and O–H groups in total. The van der Waals surface area contributed by atoms with E-state index in [1.807, 2.05) is 6.07 Å². The van der Waals surface area contributed by atoms with Crippen LogP contribution in [0.3, 0.4) is 0 Å². The maximum atomic E-state index is 5.36. The van der Waals surface area contributed by atoms with Crippen molar-refractivity contribution in [1.82, 2.24) is 9.97 Å². The molecule has 0 spiro atoms. The van der Waals surface area contributed by atoms with Gasteiger partial charge in [0.15, 0.2) is 5.82 Å². The zero-order valence-corrected chi connectivity index (χ0v) is 34.0. The van der Waals surface area contributed by atoms with Crippen molar-refractivity contribution in [1.29, 1.82) is 0 Å². The van der Waals surface area contributed by atoms with E-state index < -0.39 is 0 Å². The topological polar surface area (TPSA) is 25.8 Å². The molecule has 10 aromatic carbocycles. The van der Waals surface area contributed by atoms with Gasteiger partial charge in [-0.05, 0) is 112 Å². The first-order chi connectivity index (χ1) is 30.0. The van der Waals surface area contributed by atoms with Gasteiger partial charge in [-0.2, -0.15) is 0 Å². The number of nitrogens with zero attached hydrogens (tertiary/aromatic N) is 2. The molecule has 0 saturated carbocycles. The van der Waals surface area contributed by atoms with Crippen LogP contribution in [0.15, 0.2) is 206 Å². The molecule has 1 aliphatic rings. The van der Waals surface area contributed by atoms with Gasteiger partial charge in [0.05, 0.1) is 11.4 Å². The van der Waals surface area contributed by atoms with E-state index >= 15 is 0 Å². The van der Waals surface area contributed by atoms with Crippen LogP contribution in [-0.2, 0) is 5.41 Å². The molecule has 61 heavy (non-hydrogen) atoms. The van der Waals surface area contributed by atoms with Crippen LogP contribution < -0.4 is 0 Å². The normalized spacial score (nSPS) is 12.9. The highest BCUT2D eigenvalue weighted by Gasteiger charge is 2.38. The van der Waals surface area contributed by atoms with E-state index in [4.69, 9.17) is 9.97 Å². The van der Waals surface area contributed by atoms with Gasteiger partial charge in [0, 0.05) is 22.1 Å². The highest BCUT2D eigenvalue weighted by Crippen LogP contribution is 2.54. The first-order valence-electron chi connectivity index (χ1n) is 21.2. The number of hydrogen-bond acceptors (Lipinski definition) is 2. The largest absolute Gasteiger partial charge is 0.228 e. The standard InChI is InChI=1S/C59H40N2/c1-59(2)54-35-40-20-7-6-19-39(40)34-53(54)51-29-15-28-50(57(51)59)48-31-30-46(42-23-10-11-24-43(42)48)47-32-33-52(45-26-13-12-25-44(45)47)58-60-55(38-17-4-3-5-18-38)36-56(61-58)49-27-14-21-37-16-8-9-22-41(37)49/h3-36H,1-2H3. The second-order valence-electron chi connectivity index (χ2n) is 16.9. The molecule has 286 valence electrons. The van der Waals surface area contributed by atoms with Gasteiger partial charge in [0.2, 0.25) is 0 Å². The molecule has 2 nitrogen and oxygen atoms in total. The first-order valence-corrected chi connectivity index (χ1v) is 21.2. The molecule has 0 fully saturated rings. The lowest BCUT2D eigenvalue weighted by Gasteiger charge is -2.25. The molecule has 0 saturated heterocycles. The van der Waals surface area contributed by atoms with E-state index in [-0.39, 0.29) is 5.41 Å². The van der Waals surface area contributed by atoms with Crippen molar-refractivity contribution < 1.29 is 0 Å². The molecule has 0 bridgehead atoms. The minimum Gasteiger partial charge on any atom is -0.228 e. The smallest absolute Gasteiger partial charge is 0.161 e. The van der Waals surface area contributed by atoms with Gasteiger partial charge in [-0.25, -0.2) is 9.97 Å². The summed E-state index contributed by atoms with van der Waals surface area (Å²) in [5.41, 5.74) is 15.2. The van der Waals surface area contributed by atoms with Gasteiger partial charge in [-0.1, -0.05) is 196 Å². The lowest BCUT2D eigenvalue weighted by molar-refractivity contribution is 0.663. The Balaban J connectivity index is 1.03. The molecule has 11 aromatic rings. The van der Waals surface area contributed by atoms with E-state index in [0.29, 0.717) is 5.82 Å². The molecule has 1 aromatic heterocycles. The minimum atomic E-state index is -0.162. The number of fused-ring (bicyclic) bond motifs is 7. The summed E-state index contributed by atoms with van der Waals surface area (Å²) in [6.45, 7) is 4.79. The SMILES string of the molecule is CC1(C)c2cc3ccccc3cc2-c2cccc(-c3ccc(-c4ccc(-c5nc(-c6ccccc6)cc(-c6cccc7ccccc67)n5)c5ccccc45)c4ccccc34)c21. The summed E-state index contributed by atoms with van der Waals surface area (Å²) < 4.78 is 0. The fraction of sp³-hybridized carbons (Fsp3) is 0.0508. The Morgan fingerprint density at radius 2 is 0.770 bits per heavy atom. The van der Waals surface area contributed by atoms with Crippen LogP contribution >= 0.6 is 0 Å². The van der Waals surface area contributed by atoms with Crippen molar-refractivity contribution in [3.05, 3.63) is 217 Å². The predicted octanol–water partition coefficient (Wildman–Crippen LogP) is 15.7. The number of aromatic nitrogens is 2. The minimum absolute atomic E-state index is 0.162. The van der Waals surface area contributed by atoms with E-state index in [2.05, 4.69) is 214 Å². The zero-order valence-electron chi connectivity index (χ0n) is 34.0. The Labute approximate surface area is 355 Å². The fourth-order valence-corrected chi connectivity index (χ4v) is 10.2. The maximum absolute atomic E-state index is 5.36. The molecule has 0 radical (unpaired) electrons. The predicted molar refractivity (Wildman–Crippen MR) is 257 cm³/mol. The van der Waals surface area contributed by atoms with Crippen molar-refractivity contribution in [2.45, 2.75) is 19.3 Å². The monoisotopic (exact) mass is 776 g/mol. The molecule has 1 heterocycles. The Kier molecular flexibility index (Phi) is 7.92. The van der Waals surface area contributed by atoms with Crippen LogP contribution in [0.25, 0.3) is 110 Å². The fourth-order valence-electron chi connectivity index (χ4n) is 10.2. The molecular formula is C59H40N2. The van der Waals surface area contributed by atoms with Crippen LogP contribution in [0, 0.1) is 0 Å². The Bertz CT molecular complexity index is 3560. The molecule has 1 aliphatic carbocycles. The van der Waals surface area contributed by atoms with E-state index in [1.54, 1.807) is 0 Å². The van der Waals surface area contributed by atoms with Gasteiger partial charge in [0.25, 0.3) is 0 Å².